The van der Waals surface area contributed by atoms with Crippen LogP contribution in [0.3, 0.4) is 0 Å². The molecule has 1 aliphatic rings. The van der Waals surface area contributed by atoms with Crippen molar-refractivity contribution in [2.24, 2.45) is 10.1 Å². The molecule has 0 amide bonds. The van der Waals surface area contributed by atoms with Crippen LogP contribution in [0, 0.1) is 0 Å². The van der Waals surface area contributed by atoms with Gasteiger partial charge in [-0.05, 0) is 47.2 Å². The Morgan fingerprint density at radius 3 is 2.06 bits per heavy atom. The van der Waals surface area contributed by atoms with Gasteiger partial charge in [0.2, 0.25) is 5.78 Å². The Balaban J connectivity index is 1.78. The van der Waals surface area contributed by atoms with Gasteiger partial charge in [-0.1, -0.05) is 74.5 Å². The SMILES string of the molecule is CC(=O)O/N=C(/C)C(=O)c1ccc2c(c1)C(=Nc1ccc(C(C)(C)C)cc1)c1ccccc1-2. The van der Waals surface area contributed by atoms with Crippen molar-refractivity contribution in [2.75, 3.05) is 0 Å². The zero-order valence-corrected chi connectivity index (χ0v) is 19.5. The Hall–Kier alpha value is -3.86. The number of hydrogen-bond donors (Lipinski definition) is 0. The van der Waals surface area contributed by atoms with E-state index in [2.05, 4.69) is 49.0 Å². The van der Waals surface area contributed by atoms with Crippen LogP contribution in [0.1, 0.15) is 61.7 Å². The number of carbonyl (C=O) groups is 2. The molecule has 3 aromatic carbocycles. The monoisotopic (exact) mass is 438 g/mol. The van der Waals surface area contributed by atoms with Gasteiger partial charge in [0.15, 0.2) is 0 Å². The van der Waals surface area contributed by atoms with Crippen molar-refractivity contribution in [1.29, 1.82) is 0 Å². The number of benzene rings is 3. The van der Waals surface area contributed by atoms with Crippen molar-refractivity contribution in [3.63, 3.8) is 0 Å². The van der Waals surface area contributed by atoms with Crippen molar-refractivity contribution >= 4 is 28.9 Å². The maximum Gasteiger partial charge on any atom is 0.331 e. The smallest absolute Gasteiger partial charge is 0.318 e. The molecule has 0 N–H and O–H groups in total. The van der Waals surface area contributed by atoms with Crippen molar-refractivity contribution < 1.29 is 14.4 Å². The number of Topliss-reactive ketones (excluding diaryl/α,β-unsaturated/α-hetero) is 1. The summed E-state index contributed by atoms with van der Waals surface area (Å²) in [5, 5.41) is 3.64. The number of fused-ring (bicyclic) bond motifs is 3. The summed E-state index contributed by atoms with van der Waals surface area (Å²) >= 11 is 0. The highest BCUT2D eigenvalue weighted by Crippen LogP contribution is 2.38. The van der Waals surface area contributed by atoms with Crippen LogP contribution in [-0.4, -0.2) is 23.2 Å². The summed E-state index contributed by atoms with van der Waals surface area (Å²) in [4.78, 5) is 33.5. The third-order valence-electron chi connectivity index (χ3n) is 5.62. The minimum absolute atomic E-state index is 0.0685. The number of oxime groups is 1. The molecule has 0 unspecified atom stereocenters. The fourth-order valence-corrected chi connectivity index (χ4v) is 3.85. The number of rotatable bonds is 4. The van der Waals surface area contributed by atoms with Crippen molar-refractivity contribution in [2.45, 2.75) is 40.0 Å². The van der Waals surface area contributed by atoms with E-state index in [4.69, 9.17) is 4.99 Å². The summed E-state index contributed by atoms with van der Waals surface area (Å²) in [5.41, 5.74) is 7.60. The zero-order valence-electron chi connectivity index (χ0n) is 19.5. The molecule has 0 aliphatic heterocycles. The highest BCUT2D eigenvalue weighted by Gasteiger charge is 2.26. The predicted molar refractivity (Wildman–Crippen MR) is 132 cm³/mol. The van der Waals surface area contributed by atoms with Crippen LogP contribution >= 0.6 is 0 Å². The summed E-state index contributed by atoms with van der Waals surface area (Å²) in [7, 11) is 0. The van der Waals surface area contributed by atoms with Crippen LogP contribution in [0.25, 0.3) is 11.1 Å². The minimum Gasteiger partial charge on any atom is -0.318 e. The van der Waals surface area contributed by atoms with Gasteiger partial charge in [-0.2, -0.15) is 0 Å². The molecule has 1 aliphatic carbocycles. The second-order valence-electron chi connectivity index (χ2n) is 9.15. The van der Waals surface area contributed by atoms with Gasteiger partial charge in [0.05, 0.1) is 11.4 Å². The van der Waals surface area contributed by atoms with Gasteiger partial charge in [-0.3, -0.25) is 4.79 Å². The maximum atomic E-state index is 12.9. The van der Waals surface area contributed by atoms with Crippen LogP contribution in [-0.2, 0) is 15.0 Å². The second-order valence-corrected chi connectivity index (χ2v) is 9.15. The van der Waals surface area contributed by atoms with E-state index in [-0.39, 0.29) is 16.9 Å². The molecule has 5 heteroatoms. The maximum absolute atomic E-state index is 12.9. The lowest BCUT2D eigenvalue weighted by molar-refractivity contribution is -0.140. The number of carbonyl (C=O) groups excluding carboxylic acids is 2. The number of ketones is 1. The Bertz CT molecular complexity index is 1310. The van der Waals surface area contributed by atoms with E-state index in [0.29, 0.717) is 5.56 Å². The number of nitrogens with zero attached hydrogens (tertiary/aromatic N) is 2. The van der Waals surface area contributed by atoms with Gasteiger partial charge in [-0.15, -0.1) is 0 Å². The first kappa shape index (κ1) is 22.3. The molecule has 0 heterocycles. The van der Waals surface area contributed by atoms with E-state index >= 15 is 0 Å². The lowest BCUT2D eigenvalue weighted by Gasteiger charge is -2.18. The zero-order chi connectivity index (χ0) is 23.8. The van der Waals surface area contributed by atoms with Crippen LogP contribution in [0.4, 0.5) is 5.69 Å². The molecule has 0 aromatic heterocycles. The van der Waals surface area contributed by atoms with E-state index in [9.17, 15) is 9.59 Å². The molecule has 0 spiro atoms. The summed E-state index contributed by atoms with van der Waals surface area (Å²) < 4.78 is 0. The highest BCUT2D eigenvalue weighted by atomic mass is 16.7. The molecule has 5 nitrogen and oxygen atoms in total. The number of hydrogen-bond acceptors (Lipinski definition) is 5. The molecule has 33 heavy (non-hydrogen) atoms. The fourth-order valence-electron chi connectivity index (χ4n) is 3.85. The van der Waals surface area contributed by atoms with Crippen LogP contribution in [0.5, 0.6) is 0 Å². The molecule has 0 saturated carbocycles. The largest absolute Gasteiger partial charge is 0.331 e. The van der Waals surface area contributed by atoms with Crippen LogP contribution < -0.4 is 0 Å². The Morgan fingerprint density at radius 1 is 0.788 bits per heavy atom. The van der Waals surface area contributed by atoms with E-state index < -0.39 is 5.97 Å². The third-order valence-corrected chi connectivity index (χ3v) is 5.62. The summed E-state index contributed by atoms with van der Waals surface area (Å²) in [5.74, 6) is -0.873. The molecule has 0 atom stereocenters. The Kier molecular flexibility index (Phi) is 5.81. The van der Waals surface area contributed by atoms with Gasteiger partial charge in [0.25, 0.3) is 0 Å². The Labute approximate surface area is 193 Å². The van der Waals surface area contributed by atoms with Gasteiger partial charge in [0, 0.05) is 23.6 Å². The molecule has 166 valence electrons. The normalized spacial score (nSPS) is 14.1. The van der Waals surface area contributed by atoms with Gasteiger partial charge >= 0.3 is 5.97 Å². The van der Waals surface area contributed by atoms with E-state index in [1.54, 1.807) is 6.07 Å². The number of aliphatic imine (C=N–C) groups is 1. The van der Waals surface area contributed by atoms with E-state index in [1.807, 2.05) is 42.5 Å². The standard InChI is InChI=1S/C28H26N2O3/c1-17(30-33-18(2)31)27(32)19-10-15-23-22-8-6-7-9-24(22)26(25(23)16-19)29-21-13-11-20(12-14-21)28(3,4)5/h6-16H,1-5H3/b29-26?,30-17-. The average Bonchev–Trinajstić information content (AvgIpc) is 3.09. The molecule has 0 saturated heterocycles. The van der Waals surface area contributed by atoms with Crippen molar-refractivity contribution in [3.8, 4) is 11.1 Å². The summed E-state index contributed by atoms with van der Waals surface area (Å²) in [6, 6.07) is 21.9. The van der Waals surface area contributed by atoms with Gasteiger partial charge < -0.3 is 4.84 Å². The topological polar surface area (TPSA) is 68.1 Å². The lowest BCUT2D eigenvalue weighted by atomic mass is 9.87. The first-order chi connectivity index (χ1) is 15.6. The second kappa shape index (κ2) is 8.58. The van der Waals surface area contributed by atoms with E-state index in [0.717, 1.165) is 33.7 Å². The van der Waals surface area contributed by atoms with Crippen LogP contribution in [0.15, 0.2) is 76.9 Å². The summed E-state index contributed by atoms with van der Waals surface area (Å²) in [6.07, 6.45) is 0. The molecule has 4 rings (SSSR count). The van der Waals surface area contributed by atoms with Gasteiger partial charge in [0.1, 0.15) is 5.71 Å². The predicted octanol–water partition coefficient (Wildman–Crippen LogP) is 6.26. The van der Waals surface area contributed by atoms with Crippen molar-refractivity contribution in [1.82, 2.24) is 0 Å². The average molecular weight is 439 g/mol. The first-order valence-electron chi connectivity index (χ1n) is 10.9. The molecular formula is C28H26N2O3. The summed E-state index contributed by atoms with van der Waals surface area (Å²) in [6.45, 7) is 9.32. The first-order valence-corrected chi connectivity index (χ1v) is 10.9. The van der Waals surface area contributed by atoms with Crippen molar-refractivity contribution in [3.05, 3.63) is 89.0 Å². The fraction of sp³-hybridized carbons (Fsp3) is 0.214. The third kappa shape index (κ3) is 4.53. The Morgan fingerprint density at radius 2 is 1.42 bits per heavy atom. The van der Waals surface area contributed by atoms with Crippen LogP contribution in [0.2, 0.25) is 0 Å². The quantitative estimate of drug-likeness (QED) is 0.164. The molecule has 3 aromatic rings. The molecule has 0 fully saturated rings. The molecule has 0 radical (unpaired) electrons. The molecule has 0 bridgehead atoms. The molecular weight excluding hydrogens is 412 g/mol. The van der Waals surface area contributed by atoms with Gasteiger partial charge in [-0.25, -0.2) is 9.79 Å². The lowest BCUT2D eigenvalue weighted by Crippen LogP contribution is -2.12. The highest BCUT2D eigenvalue weighted by molar-refractivity contribution is 6.45. The van der Waals surface area contributed by atoms with E-state index in [1.165, 1.54) is 19.4 Å². The minimum atomic E-state index is -0.571.